The predicted octanol–water partition coefficient (Wildman–Crippen LogP) is 2.08. The minimum atomic E-state index is -0.356. The van der Waals surface area contributed by atoms with Crippen molar-refractivity contribution in [3.05, 3.63) is 28.5 Å². The normalized spacial score (nSPS) is 10.3. The summed E-state index contributed by atoms with van der Waals surface area (Å²) in [5, 5.41) is 5.90. The van der Waals surface area contributed by atoms with E-state index in [4.69, 9.17) is 4.74 Å². The van der Waals surface area contributed by atoms with Gasteiger partial charge in [0.25, 0.3) is 5.91 Å². The van der Waals surface area contributed by atoms with E-state index in [1.807, 2.05) is 0 Å². The largest absolute Gasteiger partial charge is 0.483 e. The molecule has 106 valence electrons. The highest BCUT2D eigenvalue weighted by Crippen LogP contribution is 2.25. The summed E-state index contributed by atoms with van der Waals surface area (Å²) < 4.78 is 18.6. The second-order valence-corrected chi connectivity index (χ2v) is 4.82. The van der Waals surface area contributed by atoms with E-state index < -0.39 is 0 Å². The number of amides is 1. The second-order valence-electron chi connectivity index (χ2n) is 3.96. The zero-order valence-electron chi connectivity index (χ0n) is 10.8. The first-order valence-corrected chi connectivity index (χ1v) is 6.98. The number of rotatable bonds is 8. The Morgan fingerprint density at radius 3 is 2.84 bits per heavy atom. The lowest BCUT2D eigenvalue weighted by molar-refractivity contribution is -0.123. The molecule has 0 aromatic heterocycles. The number of carbonyl (C=O) groups is 1. The third kappa shape index (κ3) is 6.54. The van der Waals surface area contributed by atoms with E-state index in [2.05, 4.69) is 33.5 Å². The van der Waals surface area contributed by atoms with Crippen molar-refractivity contribution in [3.63, 3.8) is 0 Å². The molecule has 0 aliphatic rings. The predicted molar refractivity (Wildman–Crippen MR) is 75.8 cm³/mol. The van der Waals surface area contributed by atoms with E-state index in [0.29, 0.717) is 16.8 Å². The molecule has 1 amide bonds. The van der Waals surface area contributed by atoms with Gasteiger partial charge in [0.1, 0.15) is 11.6 Å². The summed E-state index contributed by atoms with van der Waals surface area (Å²) >= 11 is 3.17. The fraction of sp³-hybridized carbons (Fsp3) is 0.462. The molecule has 2 N–H and O–H groups in total. The van der Waals surface area contributed by atoms with E-state index in [9.17, 15) is 9.18 Å². The van der Waals surface area contributed by atoms with Crippen LogP contribution in [0.5, 0.6) is 5.75 Å². The standard InChI is InChI=1S/C13H18BrFN2O2/c1-2-5-16-6-7-17-13(18)9-19-12-4-3-10(15)8-11(12)14/h3-4,8,16H,2,5-7,9H2,1H3,(H,17,18). The third-order valence-corrected chi connectivity index (χ3v) is 2.92. The molecule has 0 saturated carbocycles. The molecular weight excluding hydrogens is 315 g/mol. The van der Waals surface area contributed by atoms with Crippen LogP contribution in [-0.2, 0) is 4.79 Å². The Labute approximate surface area is 120 Å². The Kier molecular flexibility index (Phi) is 7.43. The molecule has 0 atom stereocenters. The molecule has 0 heterocycles. The second kappa shape index (κ2) is 8.87. The van der Waals surface area contributed by atoms with Crippen LogP contribution in [0.3, 0.4) is 0 Å². The Bertz CT molecular complexity index is 416. The Morgan fingerprint density at radius 1 is 1.37 bits per heavy atom. The van der Waals surface area contributed by atoms with Gasteiger partial charge >= 0.3 is 0 Å². The van der Waals surface area contributed by atoms with Crippen molar-refractivity contribution in [2.24, 2.45) is 0 Å². The van der Waals surface area contributed by atoms with Crippen LogP contribution in [0.4, 0.5) is 4.39 Å². The molecule has 0 saturated heterocycles. The summed E-state index contributed by atoms with van der Waals surface area (Å²) in [5.74, 6) is -0.110. The van der Waals surface area contributed by atoms with Crippen LogP contribution in [0.15, 0.2) is 22.7 Å². The Morgan fingerprint density at radius 2 is 2.16 bits per heavy atom. The number of halogens is 2. The van der Waals surface area contributed by atoms with Crippen molar-refractivity contribution < 1.29 is 13.9 Å². The van der Waals surface area contributed by atoms with Crippen LogP contribution in [0.1, 0.15) is 13.3 Å². The Balaban J connectivity index is 2.22. The van der Waals surface area contributed by atoms with E-state index in [1.54, 1.807) is 0 Å². The molecule has 1 aromatic rings. The number of nitrogens with one attached hydrogen (secondary N) is 2. The molecule has 6 heteroatoms. The van der Waals surface area contributed by atoms with Gasteiger partial charge < -0.3 is 15.4 Å². The lowest BCUT2D eigenvalue weighted by Crippen LogP contribution is -2.35. The molecule has 0 aliphatic heterocycles. The smallest absolute Gasteiger partial charge is 0.257 e. The van der Waals surface area contributed by atoms with Crippen LogP contribution >= 0.6 is 15.9 Å². The van der Waals surface area contributed by atoms with Crippen molar-refractivity contribution in [3.8, 4) is 5.75 Å². The molecular formula is C13H18BrFN2O2. The van der Waals surface area contributed by atoms with Crippen LogP contribution in [0, 0.1) is 5.82 Å². The summed E-state index contributed by atoms with van der Waals surface area (Å²) in [7, 11) is 0. The van der Waals surface area contributed by atoms with Gasteiger partial charge in [0.15, 0.2) is 6.61 Å². The van der Waals surface area contributed by atoms with Crippen LogP contribution in [0.25, 0.3) is 0 Å². The Hall–Kier alpha value is -1.14. The lowest BCUT2D eigenvalue weighted by Gasteiger charge is -2.09. The van der Waals surface area contributed by atoms with Crippen molar-refractivity contribution in [1.82, 2.24) is 10.6 Å². The molecule has 0 radical (unpaired) electrons. The SMILES string of the molecule is CCCNCCNC(=O)COc1ccc(F)cc1Br. The van der Waals surface area contributed by atoms with Gasteiger partial charge in [-0.2, -0.15) is 0 Å². The maximum absolute atomic E-state index is 12.8. The van der Waals surface area contributed by atoms with Crippen molar-refractivity contribution in [2.45, 2.75) is 13.3 Å². The molecule has 1 rings (SSSR count). The van der Waals surface area contributed by atoms with Gasteiger partial charge in [-0.25, -0.2) is 4.39 Å². The van der Waals surface area contributed by atoms with Crippen molar-refractivity contribution >= 4 is 21.8 Å². The maximum atomic E-state index is 12.8. The first-order chi connectivity index (χ1) is 9.13. The van der Waals surface area contributed by atoms with Gasteiger partial charge in [-0.3, -0.25) is 4.79 Å². The molecule has 19 heavy (non-hydrogen) atoms. The van der Waals surface area contributed by atoms with Crippen LogP contribution in [0.2, 0.25) is 0 Å². The van der Waals surface area contributed by atoms with Crippen molar-refractivity contribution in [1.29, 1.82) is 0 Å². The van der Waals surface area contributed by atoms with E-state index >= 15 is 0 Å². The van der Waals surface area contributed by atoms with E-state index in [-0.39, 0.29) is 18.3 Å². The quantitative estimate of drug-likeness (QED) is 0.716. The summed E-state index contributed by atoms with van der Waals surface area (Å²) in [6.45, 7) is 4.24. The fourth-order valence-electron chi connectivity index (χ4n) is 1.38. The lowest BCUT2D eigenvalue weighted by atomic mass is 10.3. The highest BCUT2D eigenvalue weighted by Gasteiger charge is 2.06. The summed E-state index contributed by atoms with van der Waals surface area (Å²) in [6.07, 6.45) is 1.07. The molecule has 0 aliphatic carbocycles. The number of benzene rings is 1. The number of hydrogen-bond donors (Lipinski definition) is 2. The first-order valence-electron chi connectivity index (χ1n) is 6.18. The van der Waals surface area contributed by atoms with Gasteiger partial charge in [0.05, 0.1) is 4.47 Å². The van der Waals surface area contributed by atoms with Gasteiger partial charge in [-0.15, -0.1) is 0 Å². The number of carbonyl (C=O) groups excluding carboxylic acids is 1. The monoisotopic (exact) mass is 332 g/mol. The molecule has 0 unspecified atom stereocenters. The maximum Gasteiger partial charge on any atom is 0.257 e. The third-order valence-electron chi connectivity index (χ3n) is 2.30. The number of ether oxygens (including phenoxy) is 1. The highest BCUT2D eigenvalue weighted by atomic mass is 79.9. The van der Waals surface area contributed by atoms with E-state index in [1.165, 1.54) is 18.2 Å². The minimum Gasteiger partial charge on any atom is -0.483 e. The molecule has 0 spiro atoms. The summed E-state index contributed by atoms with van der Waals surface area (Å²) in [5.41, 5.74) is 0. The molecule has 4 nitrogen and oxygen atoms in total. The average molecular weight is 333 g/mol. The van der Waals surface area contributed by atoms with Gasteiger partial charge in [-0.05, 0) is 47.1 Å². The molecule has 0 bridgehead atoms. The molecule has 1 aromatic carbocycles. The van der Waals surface area contributed by atoms with Crippen molar-refractivity contribution in [2.75, 3.05) is 26.2 Å². The first kappa shape index (κ1) is 15.9. The van der Waals surface area contributed by atoms with Gasteiger partial charge in [0, 0.05) is 13.1 Å². The van der Waals surface area contributed by atoms with E-state index in [0.717, 1.165) is 19.5 Å². The number of hydrogen-bond acceptors (Lipinski definition) is 3. The minimum absolute atomic E-state index is 0.0853. The highest BCUT2D eigenvalue weighted by molar-refractivity contribution is 9.10. The zero-order chi connectivity index (χ0) is 14.1. The molecule has 0 fully saturated rings. The van der Waals surface area contributed by atoms with Gasteiger partial charge in [0.2, 0.25) is 0 Å². The van der Waals surface area contributed by atoms with Crippen LogP contribution in [-0.4, -0.2) is 32.1 Å². The topological polar surface area (TPSA) is 50.4 Å². The summed E-state index contributed by atoms with van der Waals surface area (Å²) in [4.78, 5) is 11.5. The van der Waals surface area contributed by atoms with Crippen LogP contribution < -0.4 is 15.4 Å². The summed E-state index contributed by atoms with van der Waals surface area (Å²) in [6, 6.07) is 4.06. The fourth-order valence-corrected chi connectivity index (χ4v) is 1.84. The van der Waals surface area contributed by atoms with Gasteiger partial charge in [-0.1, -0.05) is 6.92 Å². The average Bonchev–Trinajstić information content (AvgIpc) is 2.37. The zero-order valence-corrected chi connectivity index (χ0v) is 12.4.